The average Bonchev–Trinajstić information content (AvgIpc) is 2.35. The van der Waals surface area contributed by atoms with E-state index in [1.54, 1.807) is 0 Å². The normalized spacial score (nSPS) is 23.6. The third kappa shape index (κ3) is 4.48. The van der Waals surface area contributed by atoms with Crippen molar-refractivity contribution in [2.45, 2.75) is 66.3 Å². The molecule has 0 aliphatic carbocycles. The van der Waals surface area contributed by atoms with Gasteiger partial charge in [0, 0.05) is 12.6 Å². The van der Waals surface area contributed by atoms with E-state index < -0.39 is 11.4 Å². The maximum absolute atomic E-state index is 11.4. The van der Waals surface area contributed by atoms with E-state index in [1.807, 2.05) is 13.8 Å². The van der Waals surface area contributed by atoms with Crippen molar-refractivity contribution in [2.75, 3.05) is 13.1 Å². The van der Waals surface area contributed by atoms with Crippen LogP contribution in [0.5, 0.6) is 0 Å². The maximum atomic E-state index is 11.4. The van der Waals surface area contributed by atoms with Crippen LogP contribution in [-0.2, 0) is 4.79 Å². The number of hydrogen-bond donors (Lipinski definition) is 1. The lowest BCUT2D eigenvalue weighted by molar-refractivity contribution is -0.151. The molecule has 2 atom stereocenters. The summed E-state index contributed by atoms with van der Waals surface area (Å²) in [6, 6.07) is 0.579. The van der Waals surface area contributed by atoms with Crippen molar-refractivity contribution in [1.29, 1.82) is 0 Å². The number of hydrogen-bond acceptors (Lipinski definition) is 2. The number of nitrogens with zero attached hydrogens (tertiary/aromatic N) is 1. The predicted octanol–water partition coefficient (Wildman–Crippen LogP) is 3.63. The molecule has 1 saturated heterocycles. The first-order valence-electron chi connectivity index (χ1n) is 7.72. The molecule has 1 N–H and O–H groups in total. The van der Waals surface area contributed by atoms with Crippen LogP contribution >= 0.6 is 0 Å². The Morgan fingerprint density at radius 3 is 2.47 bits per heavy atom. The van der Waals surface area contributed by atoms with Gasteiger partial charge in [0.15, 0.2) is 0 Å². The van der Waals surface area contributed by atoms with Crippen LogP contribution in [0.25, 0.3) is 0 Å². The zero-order chi connectivity index (χ0) is 14.6. The number of rotatable bonds is 6. The molecule has 112 valence electrons. The molecule has 3 nitrogen and oxygen atoms in total. The molecule has 1 aliphatic rings. The van der Waals surface area contributed by atoms with Crippen molar-refractivity contribution in [3.63, 3.8) is 0 Å². The molecule has 0 spiro atoms. The first kappa shape index (κ1) is 16.5. The Kier molecular flexibility index (Phi) is 5.84. The van der Waals surface area contributed by atoms with Gasteiger partial charge in [0.25, 0.3) is 0 Å². The lowest BCUT2D eigenvalue weighted by atomic mass is 9.74. The second kappa shape index (κ2) is 6.74. The summed E-state index contributed by atoms with van der Waals surface area (Å²) in [7, 11) is 0. The minimum atomic E-state index is -0.658. The predicted molar refractivity (Wildman–Crippen MR) is 79.2 cm³/mol. The molecule has 2 unspecified atom stereocenters. The highest BCUT2D eigenvalue weighted by Crippen LogP contribution is 2.35. The van der Waals surface area contributed by atoms with Gasteiger partial charge < -0.3 is 10.0 Å². The number of aliphatic carboxylic acids is 1. The molecule has 1 aliphatic heterocycles. The third-order valence-corrected chi connectivity index (χ3v) is 4.81. The lowest BCUT2D eigenvalue weighted by Crippen LogP contribution is -2.47. The molecule has 0 aromatic heterocycles. The van der Waals surface area contributed by atoms with Gasteiger partial charge in [-0.1, -0.05) is 13.8 Å². The molecule has 19 heavy (non-hydrogen) atoms. The van der Waals surface area contributed by atoms with Crippen molar-refractivity contribution >= 4 is 5.97 Å². The fourth-order valence-electron chi connectivity index (χ4n) is 2.93. The molecule has 0 amide bonds. The van der Waals surface area contributed by atoms with E-state index in [0.717, 1.165) is 31.8 Å². The van der Waals surface area contributed by atoms with Crippen LogP contribution in [0.15, 0.2) is 0 Å². The van der Waals surface area contributed by atoms with E-state index in [1.165, 1.54) is 12.8 Å². The Hall–Kier alpha value is -0.570. The van der Waals surface area contributed by atoms with Gasteiger partial charge in [0.05, 0.1) is 5.41 Å². The number of likely N-dealkylation sites (tertiary alicyclic amines) is 1. The Bertz CT molecular complexity index is 299. The zero-order valence-electron chi connectivity index (χ0n) is 13.3. The van der Waals surface area contributed by atoms with Crippen LogP contribution in [0, 0.1) is 17.3 Å². The largest absolute Gasteiger partial charge is 0.481 e. The second-order valence-electron chi connectivity index (χ2n) is 7.18. The number of carboxylic acids is 1. The average molecular weight is 269 g/mol. The molecule has 1 fully saturated rings. The van der Waals surface area contributed by atoms with Crippen LogP contribution in [0.2, 0.25) is 0 Å². The van der Waals surface area contributed by atoms with Crippen LogP contribution in [0.4, 0.5) is 0 Å². The second-order valence-corrected chi connectivity index (χ2v) is 7.18. The van der Waals surface area contributed by atoms with Gasteiger partial charge in [0.2, 0.25) is 0 Å². The van der Waals surface area contributed by atoms with E-state index in [9.17, 15) is 9.90 Å². The molecular weight excluding hydrogens is 238 g/mol. The summed E-state index contributed by atoms with van der Waals surface area (Å²) in [4.78, 5) is 13.9. The highest BCUT2D eigenvalue weighted by molar-refractivity contribution is 5.74. The Labute approximate surface area is 118 Å². The SMILES string of the molecule is CC(C)CCC(C)N1CCCC(C(C)(C)C(=O)O)C1. The van der Waals surface area contributed by atoms with Gasteiger partial charge in [-0.3, -0.25) is 4.79 Å². The van der Waals surface area contributed by atoms with E-state index in [0.29, 0.717) is 6.04 Å². The Morgan fingerprint density at radius 2 is 1.95 bits per heavy atom. The van der Waals surface area contributed by atoms with Gasteiger partial charge in [-0.2, -0.15) is 0 Å². The molecule has 3 heteroatoms. The first-order valence-corrected chi connectivity index (χ1v) is 7.72. The van der Waals surface area contributed by atoms with Crippen molar-refractivity contribution in [3.8, 4) is 0 Å². The maximum Gasteiger partial charge on any atom is 0.309 e. The fourth-order valence-corrected chi connectivity index (χ4v) is 2.93. The minimum Gasteiger partial charge on any atom is -0.481 e. The summed E-state index contributed by atoms with van der Waals surface area (Å²) in [5.74, 6) is 0.368. The highest BCUT2D eigenvalue weighted by Gasteiger charge is 2.39. The van der Waals surface area contributed by atoms with Crippen LogP contribution in [0.3, 0.4) is 0 Å². The van der Waals surface area contributed by atoms with Gasteiger partial charge in [0.1, 0.15) is 0 Å². The molecule has 0 radical (unpaired) electrons. The number of piperidine rings is 1. The van der Waals surface area contributed by atoms with E-state index in [4.69, 9.17) is 0 Å². The van der Waals surface area contributed by atoms with Gasteiger partial charge in [-0.15, -0.1) is 0 Å². The number of carbonyl (C=O) groups is 1. The summed E-state index contributed by atoms with van der Waals surface area (Å²) in [5.41, 5.74) is -0.601. The molecule has 0 saturated carbocycles. The highest BCUT2D eigenvalue weighted by atomic mass is 16.4. The van der Waals surface area contributed by atoms with Crippen molar-refractivity contribution in [3.05, 3.63) is 0 Å². The monoisotopic (exact) mass is 269 g/mol. The Morgan fingerprint density at radius 1 is 1.32 bits per heavy atom. The van der Waals surface area contributed by atoms with Crippen molar-refractivity contribution < 1.29 is 9.90 Å². The number of carboxylic acid groups (broad SMARTS) is 1. The molecular formula is C16H31NO2. The topological polar surface area (TPSA) is 40.5 Å². The standard InChI is InChI=1S/C16H31NO2/c1-12(2)8-9-13(3)17-10-6-7-14(11-17)16(4,5)15(18)19/h12-14H,6-11H2,1-5H3,(H,18,19). The molecule has 1 heterocycles. The van der Waals surface area contributed by atoms with Gasteiger partial charge >= 0.3 is 5.97 Å². The molecule has 0 bridgehead atoms. The van der Waals surface area contributed by atoms with Gasteiger partial charge in [-0.05, 0) is 64.8 Å². The molecule has 0 aromatic carbocycles. The van der Waals surface area contributed by atoms with Gasteiger partial charge in [-0.25, -0.2) is 0 Å². The summed E-state index contributed by atoms with van der Waals surface area (Å²) in [6.07, 6.45) is 4.66. The van der Waals surface area contributed by atoms with Crippen LogP contribution < -0.4 is 0 Å². The van der Waals surface area contributed by atoms with Crippen molar-refractivity contribution in [1.82, 2.24) is 4.90 Å². The van der Waals surface area contributed by atoms with E-state index in [2.05, 4.69) is 25.7 Å². The fraction of sp³-hybridized carbons (Fsp3) is 0.938. The summed E-state index contributed by atoms with van der Waals surface area (Å²) < 4.78 is 0. The summed E-state index contributed by atoms with van der Waals surface area (Å²) in [6.45, 7) is 12.6. The zero-order valence-corrected chi connectivity index (χ0v) is 13.3. The lowest BCUT2D eigenvalue weighted by Gasteiger charge is -2.42. The van der Waals surface area contributed by atoms with E-state index >= 15 is 0 Å². The quantitative estimate of drug-likeness (QED) is 0.800. The smallest absolute Gasteiger partial charge is 0.309 e. The first-order chi connectivity index (χ1) is 8.75. The Balaban J connectivity index is 2.57. The molecule has 0 aromatic rings. The minimum absolute atomic E-state index is 0.278. The summed E-state index contributed by atoms with van der Waals surface area (Å²) >= 11 is 0. The van der Waals surface area contributed by atoms with Crippen LogP contribution in [-0.4, -0.2) is 35.1 Å². The third-order valence-electron chi connectivity index (χ3n) is 4.81. The van der Waals surface area contributed by atoms with Crippen molar-refractivity contribution in [2.24, 2.45) is 17.3 Å². The van der Waals surface area contributed by atoms with Crippen LogP contribution in [0.1, 0.15) is 60.3 Å². The van der Waals surface area contributed by atoms with E-state index in [-0.39, 0.29) is 5.92 Å². The molecule has 1 rings (SSSR count). The summed E-state index contributed by atoms with van der Waals surface area (Å²) in [5, 5.41) is 9.38.